The number of carbonyl (C=O) groups is 1. The van der Waals surface area contributed by atoms with Gasteiger partial charge in [-0.05, 0) is 71.8 Å². The second kappa shape index (κ2) is 25.0. The highest BCUT2D eigenvalue weighted by Gasteiger charge is 2.40. The van der Waals surface area contributed by atoms with Gasteiger partial charge in [0.25, 0.3) is 0 Å². The maximum atomic E-state index is 11.6. The Kier molecular flexibility index (Phi) is 22.2. The lowest BCUT2D eigenvalue weighted by atomic mass is 10.0. The molecule has 0 saturated carbocycles. The van der Waals surface area contributed by atoms with Gasteiger partial charge in [0.05, 0.1) is 12.2 Å². The van der Waals surface area contributed by atoms with E-state index < -0.39 is 5.79 Å². The predicted molar refractivity (Wildman–Crippen MR) is 187 cm³/mol. The summed E-state index contributed by atoms with van der Waals surface area (Å²) in [6, 6.07) is 0. The highest BCUT2D eigenvalue weighted by atomic mass is 16.7. The average Bonchev–Trinajstić information content (AvgIpc) is 3.48. The third-order valence-corrected chi connectivity index (χ3v) is 9.47. The summed E-state index contributed by atoms with van der Waals surface area (Å²) in [5.41, 5.74) is 0.892. The molecule has 0 bridgehead atoms. The van der Waals surface area contributed by atoms with Crippen LogP contribution in [-0.2, 0) is 19.0 Å². The first-order valence-corrected chi connectivity index (χ1v) is 19.3. The van der Waals surface area contributed by atoms with E-state index in [-0.39, 0.29) is 24.3 Å². The fourth-order valence-corrected chi connectivity index (χ4v) is 6.89. The topological polar surface area (TPSA) is 44.8 Å². The molecule has 0 aliphatic carbocycles. The molecule has 0 amide bonds. The Balaban J connectivity index is 1.37. The maximum Gasteiger partial charge on any atom is 0.334 e. The molecule has 2 aliphatic heterocycles. The van der Waals surface area contributed by atoms with Gasteiger partial charge in [-0.1, -0.05) is 147 Å². The zero-order valence-electron chi connectivity index (χ0n) is 29.7. The first-order valence-electron chi connectivity index (χ1n) is 19.3. The predicted octanol–water partition coefficient (Wildman–Crippen LogP) is 12.5. The van der Waals surface area contributed by atoms with E-state index in [4.69, 9.17) is 14.2 Å². The van der Waals surface area contributed by atoms with Gasteiger partial charge in [0, 0.05) is 5.57 Å². The highest BCUT2D eigenvalue weighted by Crippen LogP contribution is 2.33. The van der Waals surface area contributed by atoms with Gasteiger partial charge in [-0.25, -0.2) is 4.79 Å². The van der Waals surface area contributed by atoms with Gasteiger partial charge in [-0.3, -0.25) is 0 Å². The van der Waals surface area contributed by atoms with Crippen molar-refractivity contribution in [3.05, 3.63) is 23.8 Å². The van der Waals surface area contributed by atoms with E-state index in [1.807, 2.05) is 13.0 Å². The van der Waals surface area contributed by atoms with Gasteiger partial charge in [-0.2, -0.15) is 0 Å². The molecule has 0 N–H and O–H groups in total. The van der Waals surface area contributed by atoms with E-state index in [1.165, 1.54) is 141 Å². The minimum Gasteiger partial charge on any atom is -0.455 e. The number of ether oxygens (including phenoxy) is 3. The summed E-state index contributed by atoms with van der Waals surface area (Å²) >= 11 is 0. The molecule has 0 aromatic heterocycles. The van der Waals surface area contributed by atoms with Crippen LogP contribution in [0.3, 0.4) is 0 Å². The molecule has 2 aliphatic rings. The quantitative estimate of drug-likeness (QED) is 0.0476. The van der Waals surface area contributed by atoms with Crippen LogP contribution in [0.1, 0.15) is 201 Å². The average molecular weight is 617 g/mol. The number of carbonyl (C=O) groups excluding carboxylic acids is 1. The van der Waals surface area contributed by atoms with Crippen molar-refractivity contribution in [1.29, 1.82) is 0 Å². The summed E-state index contributed by atoms with van der Waals surface area (Å²) in [4.78, 5) is 11.6. The number of hydrogen-bond acceptors (Lipinski definition) is 4. The van der Waals surface area contributed by atoms with Gasteiger partial charge in [0.1, 0.15) is 6.10 Å². The van der Waals surface area contributed by atoms with E-state index in [0.29, 0.717) is 0 Å². The molecule has 3 atom stereocenters. The Labute approximate surface area is 273 Å². The van der Waals surface area contributed by atoms with Crippen LogP contribution in [0.2, 0.25) is 0 Å². The van der Waals surface area contributed by atoms with Crippen molar-refractivity contribution < 1.29 is 19.0 Å². The zero-order valence-corrected chi connectivity index (χ0v) is 29.7. The lowest BCUT2D eigenvalue weighted by Crippen LogP contribution is -2.22. The van der Waals surface area contributed by atoms with Gasteiger partial charge < -0.3 is 14.2 Å². The Morgan fingerprint density at radius 3 is 1.59 bits per heavy atom. The van der Waals surface area contributed by atoms with Crippen LogP contribution in [0.5, 0.6) is 0 Å². The van der Waals surface area contributed by atoms with Crippen molar-refractivity contribution in [2.75, 3.05) is 0 Å². The normalized spacial score (nSPS) is 21.4. The summed E-state index contributed by atoms with van der Waals surface area (Å²) in [5, 5.41) is 0. The van der Waals surface area contributed by atoms with Crippen LogP contribution >= 0.6 is 0 Å². The molecule has 4 nitrogen and oxygen atoms in total. The van der Waals surface area contributed by atoms with Crippen molar-refractivity contribution in [2.45, 2.75) is 225 Å². The Hall–Kier alpha value is -1.13. The van der Waals surface area contributed by atoms with Gasteiger partial charge >= 0.3 is 5.97 Å². The number of rotatable bonds is 29. The first-order chi connectivity index (χ1) is 21.4. The molecule has 0 aromatic carbocycles. The first kappa shape index (κ1) is 39.1. The van der Waals surface area contributed by atoms with Gasteiger partial charge in [-0.15, -0.1) is 0 Å². The number of allylic oxidation sites excluding steroid dienone is 2. The van der Waals surface area contributed by atoms with E-state index in [1.54, 1.807) is 0 Å². The van der Waals surface area contributed by atoms with Crippen LogP contribution in [0, 0.1) is 0 Å². The zero-order chi connectivity index (χ0) is 31.7. The SMILES string of the molecule is CCCCCCCCCCCC/C=C/CCC1OC(C)(C)OC1CCCCCCCCCCCCCCC1=C[C@H](C)OC1=O. The fourth-order valence-electron chi connectivity index (χ4n) is 6.89. The molecule has 256 valence electrons. The molecule has 0 spiro atoms. The number of esters is 1. The summed E-state index contributed by atoms with van der Waals surface area (Å²) in [6.45, 7) is 8.38. The van der Waals surface area contributed by atoms with Crippen LogP contribution in [-0.4, -0.2) is 30.1 Å². The molecule has 1 fully saturated rings. The number of hydrogen-bond donors (Lipinski definition) is 0. The minimum atomic E-state index is -0.435. The van der Waals surface area contributed by atoms with E-state index in [9.17, 15) is 4.79 Å². The molecule has 2 heterocycles. The van der Waals surface area contributed by atoms with Crippen LogP contribution in [0.15, 0.2) is 23.8 Å². The number of unbranched alkanes of at least 4 members (excludes halogenated alkanes) is 21. The van der Waals surface area contributed by atoms with Crippen molar-refractivity contribution >= 4 is 5.97 Å². The summed E-state index contributed by atoms with van der Waals surface area (Å²) in [7, 11) is 0. The monoisotopic (exact) mass is 617 g/mol. The van der Waals surface area contributed by atoms with E-state index >= 15 is 0 Å². The second-order valence-corrected chi connectivity index (χ2v) is 14.3. The van der Waals surface area contributed by atoms with Crippen LogP contribution < -0.4 is 0 Å². The molecule has 2 rings (SSSR count). The number of cyclic esters (lactones) is 1. The lowest BCUT2D eigenvalue weighted by Gasteiger charge is -2.16. The van der Waals surface area contributed by atoms with Gasteiger partial charge in [0.15, 0.2) is 5.79 Å². The molecule has 0 radical (unpaired) electrons. The largest absolute Gasteiger partial charge is 0.455 e. The molecule has 2 unspecified atom stereocenters. The van der Waals surface area contributed by atoms with Crippen molar-refractivity contribution in [3.8, 4) is 0 Å². The molecular weight excluding hydrogens is 544 g/mol. The second-order valence-electron chi connectivity index (χ2n) is 14.3. The van der Waals surface area contributed by atoms with Gasteiger partial charge in [0.2, 0.25) is 0 Å². The summed E-state index contributed by atoms with van der Waals surface area (Å²) < 4.78 is 17.8. The maximum absolute atomic E-state index is 11.6. The van der Waals surface area contributed by atoms with Crippen LogP contribution in [0.25, 0.3) is 0 Å². The van der Waals surface area contributed by atoms with Crippen LogP contribution in [0.4, 0.5) is 0 Å². The minimum absolute atomic E-state index is 0.0282. The standard InChI is InChI=1S/C40H72O4/c1-5-6-7-8-9-10-11-12-13-17-20-23-26-29-32-37-38(44-40(3,4)43-37)33-30-27-24-21-18-15-14-16-19-22-25-28-31-36-34-35(2)42-39(36)41/h23,26,34-35,37-38H,5-22,24-25,27-33H2,1-4H3/b26-23+/t35-,37?,38?/m0/s1. The Morgan fingerprint density at radius 2 is 1.07 bits per heavy atom. The highest BCUT2D eigenvalue weighted by molar-refractivity contribution is 5.90. The molecule has 0 aromatic rings. The lowest BCUT2D eigenvalue weighted by molar-refractivity contribution is -0.147. The van der Waals surface area contributed by atoms with Crippen molar-refractivity contribution in [3.63, 3.8) is 0 Å². The Bertz CT molecular complexity index is 769. The van der Waals surface area contributed by atoms with E-state index in [2.05, 4.69) is 32.9 Å². The summed E-state index contributed by atoms with van der Waals surface area (Å²) in [5.74, 6) is -0.533. The molecule has 4 heteroatoms. The molecule has 44 heavy (non-hydrogen) atoms. The molecular formula is C40H72O4. The Morgan fingerprint density at radius 1 is 0.614 bits per heavy atom. The van der Waals surface area contributed by atoms with Crippen molar-refractivity contribution in [1.82, 2.24) is 0 Å². The van der Waals surface area contributed by atoms with Crippen molar-refractivity contribution in [2.24, 2.45) is 0 Å². The molecule has 1 saturated heterocycles. The smallest absolute Gasteiger partial charge is 0.334 e. The third-order valence-electron chi connectivity index (χ3n) is 9.47. The van der Waals surface area contributed by atoms with E-state index in [0.717, 1.165) is 37.7 Å². The third kappa shape index (κ3) is 19.4. The fraction of sp³-hybridized carbons (Fsp3) is 0.875. The summed E-state index contributed by atoms with van der Waals surface area (Å²) in [6.07, 6.45) is 42.4.